The Labute approximate surface area is 186 Å². The number of rotatable bonds is 6. The Balaban J connectivity index is 2.46. The quantitative estimate of drug-likeness (QED) is 0.265. The van der Waals surface area contributed by atoms with E-state index in [1.807, 2.05) is 0 Å². The lowest BCUT2D eigenvalue weighted by atomic mass is 10.1. The molecule has 0 atom stereocenters. The molecule has 0 heterocycles. The standard InChI is InChI=1S/C16H13Cl2N3O7S2/c1-8-11(17)4-5-13(14(8)18)28-30(26,27)10-3-2-9(12(6-10)21(24)25)7-20(15(19)29)16(22)23/h2-6H,7H2,1H3,(H2,19,29)(H,22,23). The first-order valence-corrected chi connectivity index (χ1v) is 10.4. The van der Waals surface area contributed by atoms with Crippen LogP contribution in [0, 0.1) is 17.0 Å². The summed E-state index contributed by atoms with van der Waals surface area (Å²) in [6, 6.07) is 5.45. The summed E-state index contributed by atoms with van der Waals surface area (Å²) < 4.78 is 30.2. The number of amides is 1. The van der Waals surface area contributed by atoms with Crippen molar-refractivity contribution in [3.63, 3.8) is 0 Å². The second-order valence-electron chi connectivity index (χ2n) is 5.78. The summed E-state index contributed by atoms with van der Waals surface area (Å²) in [4.78, 5) is 21.7. The monoisotopic (exact) mass is 493 g/mol. The maximum absolute atomic E-state index is 12.6. The van der Waals surface area contributed by atoms with Crippen molar-refractivity contribution in [2.24, 2.45) is 5.73 Å². The molecule has 0 fully saturated rings. The second-order valence-corrected chi connectivity index (χ2v) is 8.53. The van der Waals surface area contributed by atoms with Gasteiger partial charge in [0.05, 0.1) is 16.5 Å². The fourth-order valence-electron chi connectivity index (χ4n) is 2.28. The lowest BCUT2D eigenvalue weighted by Crippen LogP contribution is -2.39. The van der Waals surface area contributed by atoms with Crippen molar-refractivity contribution >= 4 is 62.4 Å². The van der Waals surface area contributed by atoms with Crippen molar-refractivity contribution in [1.29, 1.82) is 0 Å². The molecule has 14 heteroatoms. The van der Waals surface area contributed by atoms with Crippen molar-refractivity contribution in [2.45, 2.75) is 18.4 Å². The normalized spacial score (nSPS) is 11.0. The molecule has 2 aromatic rings. The van der Waals surface area contributed by atoms with Crippen LogP contribution in [0.3, 0.4) is 0 Å². The molecule has 2 rings (SSSR count). The number of nitro benzene ring substituents is 1. The van der Waals surface area contributed by atoms with Crippen molar-refractivity contribution in [3.05, 3.63) is 61.6 Å². The molecule has 10 nitrogen and oxygen atoms in total. The first kappa shape index (κ1) is 23.6. The predicted molar refractivity (Wildman–Crippen MR) is 112 cm³/mol. The number of carboxylic acid groups (broad SMARTS) is 1. The molecule has 0 bridgehead atoms. The number of hydrogen-bond donors (Lipinski definition) is 2. The number of benzene rings is 2. The lowest BCUT2D eigenvalue weighted by Gasteiger charge is -2.17. The summed E-state index contributed by atoms with van der Waals surface area (Å²) in [5, 5.41) is 20.3. The summed E-state index contributed by atoms with van der Waals surface area (Å²) >= 11 is 16.6. The van der Waals surface area contributed by atoms with Gasteiger partial charge in [-0.05, 0) is 49.0 Å². The average Bonchev–Trinajstić information content (AvgIpc) is 2.65. The van der Waals surface area contributed by atoms with E-state index in [0.29, 0.717) is 15.5 Å². The number of nitrogens with zero attached hydrogens (tertiary/aromatic N) is 2. The Morgan fingerprint density at radius 2 is 1.97 bits per heavy atom. The van der Waals surface area contributed by atoms with Crippen LogP contribution in [0.15, 0.2) is 35.2 Å². The summed E-state index contributed by atoms with van der Waals surface area (Å²) in [6.07, 6.45) is -1.52. The summed E-state index contributed by atoms with van der Waals surface area (Å²) in [5.41, 5.74) is 4.89. The molecule has 0 radical (unpaired) electrons. The highest BCUT2D eigenvalue weighted by atomic mass is 35.5. The van der Waals surface area contributed by atoms with Crippen LogP contribution in [-0.4, -0.2) is 34.6 Å². The Bertz CT molecular complexity index is 1140. The fourth-order valence-corrected chi connectivity index (χ4v) is 3.84. The van der Waals surface area contributed by atoms with Gasteiger partial charge in [-0.25, -0.2) is 9.69 Å². The highest BCUT2D eigenvalue weighted by Gasteiger charge is 2.26. The summed E-state index contributed by atoms with van der Waals surface area (Å²) in [7, 11) is -4.51. The minimum Gasteiger partial charge on any atom is -0.465 e. The van der Waals surface area contributed by atoms with Crippen molar-refractivity contribution in [1.82, 2.24) is 4.90 Å². The van der Waals surface area contributed by atoms with Crippen molar-refractivity contribution < 1.29 is 27.4 Å². The van der Waals surface area contributed by atoms with Gasteiger partial charge in [0.25, 0.3) is 5.69 Å². The second kappa shape index (κ2) is 9.00. The third kappa shape index (κ3) is 5.08. The molecule has 0 spiro atoms. The Kier molecular flexibility index (Phi) is 7.08. The maximum Gasteiger partial charge on any atom is 0.413 e. The maximum atomic E-state index is 12.6. The topological polar surface area (TPSA) is 153 Å². The first-order valence-electron chi connectivity index (χ1n) is 7.81. The molecule has 30 heavy (non-hydrogen) atoms. The average molecular weight is 494 g/mol. The van der Waals surface area contributed by atoms with Gasteiger partial charge >= 0.3 is 16.2 Å². The highest BCUT2D eigenvalue weighted by Crippen LogP contribution is 2.35. The van der Waals surface area contributed by atoms with Gasteiger partial charge in [0.1, 0.15) is 4.90 Å². The van der Waals surface area contributed by atoms with Gasteiger partial charge in [-0.1, -0.05) is 23.2 Å². The first-order chi connectivity index (χ1) is 13.8. The van der Waals surface area contributed by atoms with E-state index in [4.69, 9.17) is 38.2 Å². The Morgan fingerprint density at radius 3 is 2.50 bits per heavy atom. The van der Waals surface area contributed by atoms with Crippen LogP contribution >= 0.6 is 35.4 Å². The van der Waals surface area contributed by atoms with Crippen LogP contribution in [0.2, 0.25) is 10.0 Å². The number of nitro groups is 1. The van der Waals surface area contributed by atoms with Gasteiger partial charge in [0, 0.05) is 16.7 Å². The number of nitrogens with two attached hydrogens (primary N) is 1. The van der Waals surface area contributed by atoms with Gasteiger partial charge in [-0.15, -0.1) is 0 Å². The molecule has 0 unspecified atom stereocenters. The van der Waals surface area contributed by atoms with E-state index < -0.39 is 43.4 Å². The van der Waals surface area contributed by atoms with E-state index in [9.17, 15) is 23.3 Å². The van der Waals surface area contributed by atoms with Crippen molar-refractivity contribution in [2.75, 3.05) is 0 Å². The van der Waals surface area contributed by atoms with Crippen LogP contribution in [0.1, 0.15) is 11.1 Å². The molecule has 2 aromatic carbocycles. The fraction of sp³-hybridized carbons (Fsp3) is 0.125. The van der Waals surface area contributed by atoms with Crippen LogP contribution in [0.25, 0.3) is 0 Å². The molecular formula is C16H13Cl2N3O7S2. The molecule has 1 amide bonds. The largest absolute Gasteiger partial charge is 0.465 e. The predicted octanol–water partition coefficient (Wildman–Crippen LogP) is 3.70. The Hall–Kier alpha value is -2.67. The zero-order chi connectivity index (χ0) is 22.8. The minimum absolute atomic E-state index is 0.0363. The third-order valence-corrected chi connectivity index (χ3v) is 6.18. The van der Waals surface area contributed by atoms with E-state index in [2.05, 4.69) is 12.2 Å². The Morgan fingerprint density at radius 1 is 1.33 bits per heavy atom. The smallest absolute Gasteiger partial charge is 0.413 e. The highest BCUT2D eigenvalue weighted by molar-refractivity contribution is 7.87. The van der Waals surface area contributed by atoms with E-state index in [-0.39, 0.29) is 16.3 Å². The number of halogens is 2. The third-order valence-electron chi connectivity index (χ3n) is 3.85. The number of hydrogen-bond acceptors (Lipinski definition) is 7. The molecule has 0 saturated heterocycles. The number of thiocarbonyl (C=S) groups is 1. The molecule has 0 aromatic heterocycles. The number of carbonyl (C=O) groups is 1. The van der Waals surface area contributed by atoms with Gasteiger partial charge in [-0.3, -0.25) is 10.1 Å². The van der Waals surface area contributed by atoms with E-state index >= 15 is 0 Å². The molecule has 0 saturated carbocycles. The SMILES string of the molecule is Cc1c(Cl)ccc(OS(=O)(=O)c2ccc(CN(C(=O)O)C(N)=S)c([N+](=O)[O-])c2)c1Cl. The summed E-state index contributed by atoms with van der Waals surface area (Å²) in [5.74, 6) is -0.212. The van der Waals surface area contributed by atoms with Gasteiger partial charge in [0.15, 0.2) is 10.9 Å². The molecule has 160 valence electrons. The van der Waals surface area contributed by atoms with E-state index in [0.717, 1.165) is 18.2 Å². The van der Waals surface area contributed by atoms with Crippen LogP contribution in [0.4, 0.5) is 10.5 Å². The molecule has 3 N–H and O–H groups in total. The van der Waals surface area contributed by atoms with Crippen LogP contribution in [-0.2, 0) is 16.7 Å². The van der Waals surface area contributed by atoms with E-state index in [1.165, 1.54) is 12.1 Å². The molecule has 0 aliphatic heterocycles. The van der Waals surface area contributed by atoms with Crippen LogP contribution in [0.5, 0.6) is 5.75 Å². The van der Waals surface area contributed by atoms with Crippen molar-refractivity contribution in [3.8, 4) is 5.75 Å². The zero-order valence-corrected chi connectivity index (χ0v) is 18.2. The summed E-state index contributed by atoms with van der Waals surface area (Å²) in [6.45, 7) is 1.00. The molecule has 0 aliphatic rings. The molecular weight excluding hydrogens is 481 g/mol. The van der Waals surface area contributed by atoms with E-state index in [1.54, 1.807) is 6.92 Å². The zero-order valence-electron chi connectivity index (χ0n) is 15.0. The van der Waals surface area contributed by atoms with Gasteiger partial charge in [-0.2, -0.15) is 8.42 Å². The lowest BCUT2D eigenvalue weighted by molar-refractivity contribution is -0.385. The van der Waals surface area contributed by atoms with Gasteiger partial charge in [0.2, 0.25) is 0 Å². The minimum atomic E-state index is -4.51. The molecule has 0 aliphatic carbocycles. The van der Waals surface area contributed by atoms with Crippen LogP contribution < -0.4 is 9.92 Å². The van der Waals surface area contributed by atoms with Gasteiger partial charge < -0.3 is 15.0 Å².